The molecule has 0 spiro atoms. The van der Waals surface area contributed by atoms with Gasteiger partial charge in [-0.2, -0.15) is 0 Å². The van der Waals surface area contributed by atoms with Crippen molar-refractivity contribution < 1.29 is 18.3 Å². The van der Waals surface area contributed by atoms with Crippen LogP contribution in [0.3, 0.4) is 0 Å². The fourth-order valence-corrected chi connectivity index (χ4v) is 3.14. The van der Waals surface area contributed by atoms with Crippen molar-refractivity contribution in [2.75, 3.05) is 19.0 Å². The maximum absolute atomic E-state index is 11.4. The molecule has 0 aromatic heterocycles. The predicted molar refractivity (Wildman–Crippen MR) is 44.7 cm³/mol. The van der Waals surface area contributed by atoms with Crippen molar-refractivity contribution in [3.63, 3.8) is 0 Å². The lowest BCUT2D eigenvalue weighted by Crippen LogP contribution is -2.31. The Kier molecular flexibility index (Phi) is 3.09. The zero-order valence-corrected chi connectivity index (χ0v) is 7.88. The van der Waals surface area contributed by atoms with E-state index in [2.05, 4.69) is 0 Å². The highest BCUT2D eigenvalue weighted by Gasteiger charge is 2.34. The molecule has 0 amide bonds. The summed E-state index contributed by atoms with van der Waals surface area (Å²) in [5.41, 5.74) is 0. The average Bonchev–Trinajstić information content (AvgIpc) is 2.35. The molecule has 0 bridgehead atoms. The molecule has 1 rings (SSSR count). The minimum absolute atomic E-state index is 0.147. The van der Waals surface area contributed by atoms with Crippen LogP contribution >= 0.6 is 0 Å². The van der Waals surface area contributed by atoms with Crippen molar-refractivity contribution in [1.82, 2.24) is 0 Å². The summed E-state index contributed by atoms with van der Waals surface area (Å²) in [6.07, 6.45) is 0.338. The Bertz CT molecular complexity index is 234. The van der Waals surface area contributed by atoms with Gasteiger partial charge in [0, 0.05) is 6.61 Å². The van der Waals surface area contributed by atoms with Crippen molar-refractivity contribution in [2.45, 2.75) is 24.7 Å². The van der Waals surface area contributed by atoms with Gasteiger partial charge >= 0.3 is 0 Å². The molecule has 0 aliphatic carbocycles. The van der Waals surface area contributed by atoms with Crippen molar-refractivity contribution in [1.29, 1.82) is 0 Å². The maximum atomic E-state index is 11.4. The highest BCUT2D eigenvalue weighted by Crippen LogP contribution is 2.20. The minimum Gasteiger partial charge on any atom is -0.395 e. The van der Waals surface area contributed by atoms with Gasteiger partial charge in [-0.15, -0.1) is 0 Å². The van der Waals surface area contributed by atoms with Crippen LogP contribution in [0.1, 0.15) is 13.3 Å². The summed E-state index contributed by atoms with van der Waals surface area (Å²) >= 11 is 0. The van der Waals surface area contributed by atoms with Gasteiger partial charge in [-0.25, -0.2) is 8.42 Å². The largest absolute Gasteiger partial charge is 0.395 e. The van der Waals surface area contributed by atoms with Crippen molar-refractivity contribution in [2.24, 2.45) is 0 Å². The second kappa shape index (κ2) is 3.72. The Labute approximate surface area is 72.5 Å². The molecule has 5 heteroatoms. The molecule has 0 radical (unpaired) electrons. The molecule has 1 aliphatic rings. The third-order valence-electron chi connectivity index (χ3n) is 2.14. The Morgan fingerprint density at radius 2 is 2.25 bits per heavy atom. The predicted octanol–water partition coefficient (Wildman–Crippen LogP) is -0.429. The van der Waals surface area contributed by atoms with Gasteiger partial charge in [0.2, 0.25) is 0 Å². The van der Waals surface area contributed by atoms with Crippen LogP contribution in [-0.2, 0) is 14.6 Å². The average molecular weight is 194 g/mol. The molecular formula is C7H14O4S. The number of rotatable bonds is 3. The molecule has 2 atom stereocenters. The molecule has 1 saturated heterocycles. The lowest BCUT2D eigenvalue weighted by Gasteiger charge is -2.13. The Hall–Kier alpha value is -0.130. The number of aliphatic hydroxyl groups is 1. The quantitative estimate of drug-likeness (QED) is 0.662. The molecule has 1 heterocycles. The molecule has 1 fully saturated rings. The maximum Gasteiger partial charge on any atom is 0.158 e. The first-order valence-electron chi connectivity index (χ1n) is 4.02. The fourth-order valence-electron chi connectivity index (χ4n) is 1.46. The van der Waals surface area contributed by atoms with Crippen LogP contribution in [0, 0.1) is 0 Å². The Morgan fingerprint density at radius 1 is 1.58 bits per heavy atom. The first kappa shape index (κ1) is 9.95. The molecule has 2 unspecified atom stereocenters. The van der Waals surface area contributed by atoms with Crippen LogP contribution in [0.2, 0.25) is 0 Å². The number of hydrogen-bond acceptors (Lipinski definition) is 4. The first-order valence-corrected chi connectivity index (χ1v) is 5.73. The van der Waals surface area contributed by atoms with Gasteiger partial charge in [0.1, 0.15) is 0 Å². The Morgan fingerprint density at radius 3 is 2.67 bits per heavy atom. The summed E-state index contributed by atoms with van der Waals surface area (Å²) in [5, 5.41) is 8.12. The summed E-state index contributed by atoms with van der Waals surface area (Å²) in [4.78, 5) is 0. The van der Waals surface area contributed by atoms with Crippen LogP contribution in [0.15, 0.2) is 0 Å². The lowest BCUT2D eigenvalue weighted by molar-refractivity contribution is 0.126. The van der Waals surface area contributed by atoms with E-state index in [0.717, 1.165) is 0 Å². The summed E-state index contributed by atoms with van der Waals surface area (Å²) in [6, 6.07) is 0. The zero-order valence-electron chi connectivity index (χ0n) is 7.06. The molecule has 72 valence electrons. The second-order valence-corrected chi connectivity index (χ2v) is 5.33. The van der Waals surface area contributed by atoms with Crippen LogP contribution in [0.5, 0.6) is 0 Å². The van der Waals surface area contributed by atoms with Gasteiger partial charge in [-0.05, 0) is 13.3 Å². The number of ether oxygens (including phenoxy) is 1. The van der Waals surface area contributed by atoms with Gasteiger partial charge in [-0.1, -0.05) is 0 Å². The van der Waals surface area contributed by atoms with Crippen molar-refractivity contribution >= 4 is 9.84 Å². The zero-order chi connectivity index (χ0) is 9.19. The summed E-state index contributed by atoms with van der Waals surface area (Å²) in [5.74, 6) is -0.147. The van der Waals surface area contributed by atoms with Crippen LogP contribution < -0.4 is 0 Å². The van der Waals surface area contributed by atoms with E-state index >= 15 is 0 Å². The summed E-state index contributed by atoms with van der Waals surface area (Å²) in [6.45, 7) is 1.97. The third-order valence-corrected chi connectivity index (χ3v) is 4.44. The van der Waals surface area contributed by atoms with Crippen molar-refractivity contribution in [3.8, 4) is 0 Å². The highest BCUT2D eigenvalue weighted by molar-refractivity contribution is 7.92. The SMILES string of the molecule is CC1OCCC1S(=O)(=O)CCO. The van der Waals surface area contributed by atoms with Gasteiger partial charge in [-0.3, -0.25) is 0 Å². The van der Waals surface area contributed by atoms with E-state index in [0.29, 0.717) is 13.0 Å². The Balaban J connectivity index is 2.68. The second-order valence-electron chi connectivity index (χ2n) is 2.99. The van der Waals surface area contributed by atoms with Gasteiger partial charge in [0.25, 0.3) is 0 Å². The number of aliphatic hydroxyl groups excluding tert-OH is 1. The van der Waals surface area contributed by atoms with Crippen LogP contribution in [0.4, 0.5) is 0 Å². The molecule has 1 N–H and O–H groups in total. The van der Waals surface area contributed by atoms with Gasteiger partial charge in [0.15, 0.2) is 9.84 Å². The number of hydrogen-bond donors (Lipinski definition) is 1. The summed E-state index contributed by atoms with van der Waals surface area (Å²) < 4.78 is 27.9. The molecule has 0 aromatic carbocycles. The molecular weight excluding hydrogens is 180 g/mol. The molecule has 0 saturated carbocycles. The van der Waals surface area contributed by atoms with Crippen LogP contribution in [0.25, 0.3) is 0 Å². The topological polar surface area (TPSA) is 63.6 Å². The molecule has 4 nitrogen and oxygen atoms in total. The van der Waals surface area contributed by atoms with Crippen LogP contribution in [-0.4, -0.2) is 43.8 Å². The first-order chi connectivity index (χ1) is 5.58. The van der Waals surface area contributed by atoms with E-state index < -0.39 is 15.1 Å². The van der Waals surface area contributed by atoms with Gasteiger partial charge in [0.05, 0.1) is 23.7 Å². The van der Waals surface area contributed by atoms with Gasteiger partial charge < -0.3 is 9.84 Å². The lowest BCUT2D eigenvalue weighted by atomic mass is 10.3. The molecule has 12 heavy (non-hydrogen) atoms. The number of sulfone groups is 1. The fraction of sp³-hybridized carbons (Fsp3) is 1.00. The monoisotopic (exact) mass is 194 g/mol. The van der Waals surface area contributed by atoms with E-state index in [1.165, 1.54) is 0 Å². The standard InChI is InChI=1S/C7H14O4S/c1-6-7(2-4-11-6)12(9,10)5-3-8/h6-8H,2-5H2,1H3. The van der Waals surface area contributed by atoms with E-state index in [1.54, 1.807) is 6.92 Å². The normalized spacial score (nSPS) is 30.8. The van der Waals surface area contributed by atoms with E-state index in [1.807, 2.05) is 0 Å². The molecule has 1 aliphatic heterocycles. The van der Waals surface area contributed by atoms with Crippen molar-refractivity contribution in [3.05, 3.63) is 0 Å². The summed E-state index contributed by atoms with van der Waals surface area (Å²) in [7, 11) is -3.13. The molecule has 0 aromatic rings. The smallest absolute Gasteiger partial charge is 0.158 e. The van der Waals surface area contributed by atoms with E-state index in [-0.39, 0.29) is 18.5 Å². The third kappa shape index (κ3) is 1.97. The van der Waals surface area contributed by atoms with E-state index in [4.69, 9.17) is 9.84 Å². The highest BCUT2D eigenvalue weighted by atomic mass is 32.2. The minimum atomic E-state index is -3.13. The van der Waals surface area contributed by atoms with E-state index in [9.17, 15) is 8.42 Å².